The molecule has 1 aromatic carbocycles. The number of hydrogen-bond acceptors (Lipinski definition) is 3. The fourth-order valence-corrected chi connectivity index (χ4v) is 1.84. The van der Waals surface area contributed by atoms with E-state index in [2.05, 4.69) is 6.07 Å². The topological polar surface area (TPSA) is 50.1 Å². The number of hydrogen-bond donors (Lipinski definition) is 0. The lowest BCUT2D eigenvalue weighted by Crippen LogP contribution is -2.10. The number of rotatable bonds is 5. The van der Waals surface area contributed by atoms with Gasteiger partial charge in [-0.2, -0.15) is 5.26 Å². The predicted molar refractivity (Wildman–Crippen MR) is 65.7 cm³/mol. The summed E-state index contributed by atoms with van der Waals surface area (Å²) in [6.07, 6.45) is 1.88. The number of carbonyl (C=O) groups is 1. The Morgan fingerprint density at radius 1 is 1.41 bits per heavy atom. The van der Waals surface area contributed by atoms with Gasteiger partial charge in [0.2, 0.25) is 0 Å². The van der Waals surface area contributed by atoms with Crippen molar-refractivity contribution in [3.05, 3.63) is 34.9 Å². The van der Waals surface area contributed by atoms with Crippen molar-refractivity contribution in [3.63, 3.8) is 0 Å². The van der Waals surface area contributed by atoms with E-state index in [-0.39, 0.29) is 5.97 Å². The maximum atomic E-state index is 11.8. The van der Waals surface area contributed by atoms with Crippen molar-refractivity contribution >= 4 is 5.97 Å². The summed E-state index contributed by atoms with van der Waals surface area (Å²) >= 11 is 0. The summed E-state index contributed by atoms with van der Waals surface area (Å²) in [6.45, 7) is 4.20. The summed E-state index contributed by atoms with van der Waals surface area (Å²) in [6, 6.07) is 7.74. The Morgan fingerprint density at radius 2 is 2.18 bits per heavy atom. The summed E-state index contributed by atoms with van der Waals surface area (Å²) in [5, 5.41) is 8.66. The minimum atomic E-state index is -0.296. The molecule has 0 aliphatic heterocycles. The molecule has 0 heterocycles. The van der Waals surface area contributed by atoms with Gasteiger partial charge in [0.05, 0.1) is 18.2 Å². The molecule has 1 rings (SSSR count). The van der Waals surface area contributed by atoms with E-state index in [4.69, 9.17) is 10.00 Å². The molecule has 0 aliphatic rings. The zero-order valence-corrected chi connectivity index (χ0v) is 10.3. The average Bonchev–Trinajstić information content (AvgIpc) is 2.36. The van der Waals surface area contributed by atoms with Crippen LogP contribution in [0.4, 0.5) is 0 Å². The fraction of sp³-hybridized carbons (Fsp3) is 0.429. The van der Waals surface area contributed by atoms with Crippen LogP contribution in [0.25, 0.3) is 0 Å². The van der Waals surface area contributed by atoms with Crippen molar-refractivity contribution in [1.82, 2.24) is 0 Å². The lowest BCUT2D eigenvalue weighted by molar-refractivity contribution is 0.0525. The van der Waals surface area contributed by atoms with E-state index in [0.717, 1.165) is 17.5 Å². The number of nitriles is 1. The second-order valence-corrected chi connectivity index (χ2v) is 3.68. The van der Waals surface area contributed by atoms with E-state index in [0.29, 0.717) is 25.0 Å². The van der Waals surface area contributed by atoms with Crippen LogP contribution in [0, 0.1) is 11.3 Å². The summed E-state index contributed by atoms with van der Waals surface area (Å²) < 4.78 is 5.03. The molecule has 0 unspecified atom stereocenters. The lowest BCUT2D eigenvalue weighted by atomic mass is 9.95. The molecule has 0 N–H and O–H groups in total. The van der Waals surface area contributed by atoms with Gasteiger partial charge in [-0.05, 0) is 37.0 Å². The predicted octanol–water partition coefficient (Wildman–Crippen LogP) is 2.88. The first-order chi connectivity index (χ1) is 8.24. The first kappa shape index (κ1) is 13.2. The Morgan fingerprint density at radius 3 is 2.76 bits per heavy atom. The van der Waals surface area contributed by atoms with Gasteiger partial charge in [-0.15, -0.1) is 0 Å². The van der Waals surface area contributed by atoms with Crippen molar-refractivity contribution < 1.29 is 9.53 Å². The van der Waals surface area contributed by atoms with Gasteiger partial charge in [0.25, 0.3) is 0 Å². The molecule has 0 aromatic heterocycles. The quantitative estimate of drug-likeness (QED) is 0.732. The standard InChI is InChI=1S/C14H17NO2/c1-3-11-7-5-8-13(14(16)17-4-2)12(11)9-6-10-15/h5,7-8H,3-4,6,9H2,1-2H3. The van der Waals surface area contributed by atoms with Crippen molar-refractivity contribution in [2.24, 2.45) is 0 Å². The SMILES string of the molecule is CCOC(=O)c1cccc(CC)c1CCC#N. The molecule has 0 radical (unpaired) electrons. The monoisotopic (exact) mass is 231 g/mol. The van der Waals surface area contributed by atoms with Crippen LogP contribution in [-0.4, -0.2) is 12.6 Å². The molecule has 1 aromatic rings. The summed E-state index contributed by atoms with van der Waals surface area (Å²) in [4.78, 5) is 11.8. The van der Waals surface area contributed by atoms with Crippen molar-refractivity contribution in [2.45, 2.75) is 33.1 Å². The molecule has 90 valence electrons. The molecule has 0 spiro atoms. The van der Waals surface area contributed by atoms with Crippen LogP contribution in [-0.2, 0) is 17.6 Å². The number of nitrogens with zero attached hydrogens (tertiary/aromatic N) is 1. The zero-order chi connectivity index (χ0) is 12.7. The number of ether oxygens (including phenoxy) is 1. The molecule has 0 fully saturated rings. The second kappa shape index (κ2) is 6.70. The average molecular weight is 231 g/mol. The first-order valence-electron chi connectivity index (χ1n) is 5.89. The van der Waals surface area contributed by atoms with Gasteiger partial charge in [0, 0.05) is 6.42 Å². The third kappa shape index (κ3) is 3.32. The van der Waals surface area contributed by atoms with Crippen molar-refractivity contribution in [3.8, 4) is 6.07 Å². The van der Waals surface area contributed by atoms with Crippen LogP contribution in [0.5, 0.6) is 0 Å². The molecule has 0 saturated heterocycles. The van der Waals surface area contributed by atoms with Gasteiger partial charge in [-0.1, -0.05) is 19.1 Å². The van der Waals surface area contributed by atoms with E-state index < -0.39 is 0 Å². The van der Waals surface area contributed by atoms with Crippen LogP contribution in [0.3, 0.4) is 0 Å². The largest absolute Gasteiger partial charge is 0.462 e. The Labute approximate surface area is 102 Å². The van der Waals surface area contributed by atoms with Gasteiger partial charge < -0.3 is 4.74 Å². The Hall–Kier alpha value is -1.82. The van der Waals surface area contributed by atoms with Gasteiger partial charge in [0.15, 0.2) is 0 Å². The van der Waals surface area contributed by atoms with Crippen molar-refractivity contribution in [2.75, 3.05) is 6.61 Å². The lowest BCUT2D eigenvalue weighted by Gasteiger charge is -2.11. The second-order valence-electron chi connectivity index (χ2n) is 3.68. The highest BCUT2D eigenvalue weighted by atomic mass is 16.5. The van der Waals surface area contributed by atoms with Crippen LogP contribution >= 0.6 is 0 Å². The molecule has 0 aliphatic carbocycles. The number of aryl methyl sites for hydroxylation is 1. The Bertz CT molecular complexity index is 432. The van der Waals surface area contributed by atoms with Gasteiger partial charge in [-0.3, -0.25) is 0 Å². The molecule has 0 amide bonds. The number of carbonyl (C=O) groups excluding carboxylic acids is 1. The molecule has 3 heteroatoms. The highest BCUT2D eigenvalue weighted by molar-refractivity contribution is 5.91. The number of esters is 1. The summed E-state index contributed by atoms with van der Waals surface area (Å²) in [5.74, 6) is -0.296. The molecule has 17 heavy (non-hydrogen) atoms. The zero-order valence-electron chi connectivity index (χ0n) is 10.3. The van der Waals surface area contributed by atoms with Crippen LogP contribution < -0.4 is 0 Å². The normalized spacial score (nSPS) is 9.71. The van der Waals surface area contributed by atoms with E-state index in [1.807, 2.05) is 19.1 Å². The van der Waals surface area contributed by atoms with Gasteiger partial charge in [0.1, 0.15) is 0 Å². The minimum absolute atomic E-state index is 0.296. The molecule has 0 atom stereocenters. The molecule has 0 saturated carbocycles. The van der Waals surface area contributed by atoms with Crippen LogP contribution in [0.2, 0.25) is 0 Å². The Balaban J connectivity index is 3.10. The fourth-order valence-electron chi connectivity index (χ4n) is 1.84. The maximum absolute atomic E-state index is 11.8. The highest BCUT2D eigenvalue weighted by Gasteiger charge is 2.14. The van der Waals surface area contributed by atoms with Gasteiger partial charge in [-0.25, -0.2) is 4.79 Å². The summed E-state index contributed by atoms with van der Waals surface area (Å²) in [7, 11) is 0. The highest BCUT2D eigenvalue weighted by Crippen LogP contribution is 2.18. The molecule has 0 bridgehead atoms. The van der Waals surface area contributed by atoms with E-state index in [1.54, 1.807) is 13.0 Å². The van der Waals surface area contributed by atoms with E-state index in [1.165, 1.54) is 0 Å². The Kier molecular flexibility index (Phi) is 5.22. The van der Waals surface area contributed by atoms with E-state index >= 15 is 0 Å². The minimum Gasteiger partial charge on any atom is -0.462 e. The molecular weight excluding hydrogens is 214 g/mol. The van der Waals surface area contributed by atoms with Crippen LogP contribution in [0.1, 0.15) is 41.8 Å². The smallest absolute Gasteiger partial charge is 0.338 e. The third-order valence-electron chi connectivity index (χ3n) is 2.64. The third-order valence-corrected chi connectivity index (χ3v) is 2.64. The first-order valence-corrected chi connectivity index (χ1v) is 5.89. The number of benzene rings is 1. The van der Waals surface area contributed by atoms with Crippen molar-refractivity contribution in [1.29, 1.82) is 5.26 Å². The van der Waals surface area contributed by atoms with Crippen LogP contribution in [0.15, 0.2) is 18.2 Å². The molecular formula is C14H17NO2. The molecule has 3 nitrogen and oxygen atoms in total. The van der Waals surface area contributed by atoms with Gasteiger partial charge >= 0.3 is 5.97 Å². The van der Waals surface area contributed by atoms with E-state index in [9.17, 15) is 4.79 Å². The maximum Gasteiger partial charge on any atom is 0.338 e. The summed E-state index contributed by atoms with van der Waals surface area (Å²) in [5.41, 5.74) is 2.67.